The van der Waals surface area contributed by atoms with Crippen LogP contribution in [-0.2, 0) is 19.5 Å². The summed E-state index contributed by atoms with van der Waals surface area (Å²) in [6, 6.07) is 12.9. The zero-order valence-electron chi connectivity index (χ0n) is 27.3. The number of aromatic nitrogens is 4. The second kappa shape index (κ2) is 13.2. The molecule has 5 atom stereocenters. The molecule has 250 valence electrons. The molecule has 4 fully saturated rings. The number of imidazole rings is 1. The molecule has 8 rings (SSSR count). The van der Waals surface area contributed by atoms with Gasteiger partial charge in [0.15, 0.2) is 5.96 Å². The number of halogens is 1. The van der Waals surface area contributed by atoms with E-state index in [1.165, 1.54) is 18.6 Å². The Morgan fingerprint density at radius 2 is 1.96 bits per heavy atom. The fourth-order valence-electron chi connectivity index (χ4n) is 8.03. The lowest BCUT2D eigenvalue weighted by Gasteiger charge is -2.61. The lowest BCUT2D eigenvalue weighted by atomic mass is 9.45. The molecule has 3 saturated carbocycles. The molecule has 0 unspecified atom stereocenters. The number of anilines is 1. The first-order valence-corrected chi connectivity index (χ1v) is 16.7. The van der Waals surface area contributed by atoms with Gasteiger partial charge in [0.2, 0.25) is 0 Å². The Labute approximate surface area is 277 Å². The summed E-state index contributed by atoms with van der Waals surface area (Å²) in [5.74, 6) is 3.27. The van der Waals surface area contributed by atoms with E-state index in [0.717, 1.165) is 49.2 Å². The molecule has 9 nitrogen and oxygen atoms in total. The van der Waals surface area contributed by atoms with E-state index in [9.17, 15) is 9.18 Å². The Kier molecular flexibility index (Phi) is 9.25. The van der Waals surface area contributed by atoms with Crippen LogP contribution in [0, 0.1) is 29.0 Å². The van der Waals surface area contributed by atoms with Crippen molar-refractivity contribution in [2.45, 2.75) is 79.6 Å². The number of hydrogen-bond donors (Lipinski definition) is 2. The molecule has 4 aliphatic rings. The molecule has 0 radical (unpaired) electrons. The van der Waals surface area contributed by atoms with Gasteiger partial charge in [0, 0.05) is 50.3 Å². The van der Waals surface area contributed by atoms with Gasteiger partial charge in [-0.3, -0.25) is 9.36 Å². The van der Waals surface area contributed by atoms with Gasteiger partial charge in [-0.05, 0) is 85.3 Å². The molecule has 4 aromatic rings. The zero-order chi connectivity index (χ0) is 32.0. The number of nitrogens with one attached hydrogen (secondary N) is 2. The molecule has 3 aliphatic carbocycles. The largest absolute Gasteiger partial charge is 0.340 e. The monoisotopic (exact) mass is 640 g/mol. The Morgan fingerprint density at radius 3 is 2.66 bits per heavy atom. The van der Waals surface area contributed by atoms with Crippen LogP contribution in [0.2, 0.25) is 0 Å². The first-order valence-electron chi connectivity index (χ1n) is 16.7. The van der Waals surface area contributed by atoms with Crippen LogP contribution in [0.4, 0.5) is 10.1 Å². The number of rotatable bonds is 7. The highest BCUT2D eigenvalue weighted by atomic mass is 19.1. The van der Waals surface area contributed by atoms with Gasteiger partial charge in [0.25, 0.3) is 5.56 Å². The molecule has 3 heterocycles. The summed E-state index contributed by atoms with van der Waals surface area (Å²) >= 11 is 0. The fourth-order valence-corrected chi connectivity index (χ4v) is 8.03. The van der Waals surface area contributed by atoms with Crippen molar-refractivity contribution >= 4 is 22.5 Å². The molecule has 2 aromatic heterocycles. The summed E-state index contributed by atoms with van der Waals surface area (Å²) < 4.78 is 17.1. The van der Waals surface area contributed by atoms with Crippen molar-refractivity contribution < 1.29 is 4.39 Å². The number of aliphatic imine (C=N–C) groups is 1. The first-order chi connectivity index (χ1) is 22.2. The number of fused-ring (bicyclic) bond motifs is 3. The minimum absolute atomic E-state index is 0. The molecule has 1 saturated heterocycles. The van der Waals surface area contributed by atoms with E-state index in [1.54, 1.807) is 29.2 Å². The highest BCUT2D eigenvalue weighted by Gasteiger charge is 2.56. The molecule has 47 heavy (non-hydrogen) atoms. The number of benzene rings is 2. The van der Waals surface area contributed by atoms with E-state index in [4.69, 9.17) is 9.98 Å². The lowest BCUT2D eigenvalue weighted by molar-refractivity contribution is -0.108. The van der Waals surface area contributed by atoms with Crippen LogP contribution < -0.4 is 16.2 Å². The molecule has 2 aromatic carbocycles. The molecule has 10 heteroatoms. The third-order valence-electron chi connectivity index (χ3n) is 11.0. The molecule has 2 N–H and O–H groups in total. The number of nitrogens with zero attached hydrogens (tertiary/aromatic N) is 6. The summed E-state index contributed by atoms with van der Waals surface area (Å²) in [5, 5.41) is 7.81. The minimum atomic E-state index is -0.271. The molecule has 0 amide bonds. The number of aryl methyl sites for hydroxylation is 1. The third kappa shape index (κ3) is 6.57. The second-order valence-electron chi connectivity index (χ2n) is 14.2. The van der Waals surface area contributed by atoms with Crippen LogP contribution >= 0.6 is 0 Å². The van der Waals surface area contributed by atoms with Crippen LogP contribution in [0.1, 0.15) is 59.4 Å². The Bertz CT molecular complexity index is 1780. The van der Waals surface area contributed by atoms with Gasteiger partial charge in [0.05, 0.1) is 29.8 Å². The topological polar surface area (TPSA) is 92.4 Å². The van der Waals surface area contributed by atoms with Gasteiger partial charge in [-0.2, -0.15) is 0 Å². The van der Waals surface area contributed by atoms with Gasteiger partial charge in [0.1, 0.15) is 11.6 Å². The summed E-state index contributed by atoms with van der Waals surface area (Å²) in [6.45, 7) is 13.0. The van der Waals surface area contributed by atoms with E-state index in [1.807, 2.05) is 29.0 Å². The normalized spacial score (nSPS) is 25.3. The number of hydrogen-bond acceptors (Lipinski definition) is 5. The maximum Gasteiger partial charge on any atom is 0.261 e. The molecule has 1 aliphatic heterocycles. The quantitative estimate of drug-likeness (QED) is 0.196. The van der Waals surface area contributed by atoms with E-state index in [-0.39, 0.29) is 24.8 Å². The Morgan fingerprint density at radius 1 is 1.15 bits per heavy atom. The van der Waals surface area contributed by atoms with Crippen molar-refractivity contribution in [1.29, 1.82) is 0 Å². The van der Waals surface area contributed by atoms with Gasteiger partial charge in [-0.25, -0.2) is 19.4 Å². The van der Waals surface area contributed by atoms with Crippen LogP contribution in [0.25, 0.3) is 10.9 Å². The van der Waals surface area contributed by atoms with E-state index < -0.39 is 0 Å². The van der Waals surface area contributed by atoms with Crippen LogP contribution in [-0.4, -0.2) is 61.7 Å². The fraction of sp³-hybridized carbons (Fsp3) is 0.514. The highest BCUT2D eigenvalue weighted by molar-refractivity contribution is 5.96. The van der Waals surface area contributed by atoms with Crippen molar-refractivity contribution in [3.63, 3.8) is 0 Å². The zero-order valence-corrected chi connectivity index (χ0v) is 27.3. The van der Waals surface area contributed by atoms with Crippen molar-refractivity contribution in [2.24, 2.45) is 28.2 Å². The van der Waals surface area contributed by atoms with E-state index in [2.05, 4.69) is 48.2 Å². The lowest BCUT2D eigenvalue weighted by Crippen LogP contribution is -2.57. The molecule has 0 spiro atoms. The van der Waals surface area contributed by atoms with E-state index in [0.29, 0.717) is 59.5 Å². The maximum atomic E-state index is 13.9. The van der Waals surface area contributed by atoms with Gasteiger partial charge in [-0.1, -0.05) is 40.3 Å². The smallest absolute Gasteiger partial charge is 0.261 e. The average molecular weight is 641 g/mol. The summed E-state index contributed by atoms with van der Waals surface area (Å²) in [7, 11) is 0. The number of guanidine groups is 1. The maximum absolute atomic E-state index is 13.9. The van der Waals surface area contributed by atoms with Gasteiger partial charge in [-0.15, -0.1) is 0 Å². The average Bonchev–Trinajstić information content (AvgIpc) is 3.55. The van der Waals surface area contributed by atoms with Crippen LogP contribution in [0.3, 0.4) is 0 Å². The summed E-state index contributed by atoms with van der Waals surface area (Å²) in [5.41, 5.74) is 2.80. The third-order valence-corrected chi connectivity index (χ3v) is 11.0. The predicted octanol–water partition coefficient (Wildman–Crippen LogP) is 5.79. The predicted molar refractivity (Wildman–Crippen MR) is 187 cm³/mol. The van der Waals surface area contributed by atoms with Crippen LogP contribution in [0.5, 0.6) is 0 Å². The summed E-state index contributed by atoms with van der Waals surface area (Å²) in [6.07, 6.45) is 8.36. The number of piperazine rings is 1. The molecule has 2 bridgehead atoms. The van der Waals surface area contributed by atoms with Crippen molar-refractivity contribution in [2.75, 3.05) is 25.0 Å². The van der Waals surface area contributed by atoms with Gasteiger partial charge >= 0.3 is 0 Å². The van der Waals surface area contributed by atoms with Crippen molar-refractivity contribution in [3.8, 4) is 0 Å². The van der Waals surface area contributed by atoms with Crippen molar-refractivity contribution in [3.05, 3.63) is 88.7 Å². The first kappa shape index (κ1) is 32.9. The van der Waals surface area contributed by atoms with Gasteiger partial charge < -0.3 is 20.1 Å². The second-order valence-corrected chi connectivity index (χ2v) is 14.2. The molecular weight excluding hydrogens is 591 g/mol. The minimum Gasteiger partial charge on any atom is -0.340 e. The van der Waals surface area contributed by atoms with E-state index >= 15 is 0 Å². The highest BCUT2D eigenvalue weighted by Crippen LogP contribution is 2.61. The van der Waals surface area contributed by atoms with Crippen molar-refractivity contribution in [1.82, 2.24) is 29.3 Å². The van der Waals surface area contributed by atoms with Crippen LogP contribution in [0.15, 0.2) is 71.0 Å². The Hall–Kier alpha value is -4.05. The SMILES string of the molecule is C.C[C@@H]1[C@@H](N=C(Nc2ccc3c(=O)n(CCc4ccc(F)cc4)c(Cn4ccnc4)nc3c2)N2CCN[C@@H](C)C2)C[C@H]2C[C@@H]1C2(C)C. The molecular formula is C37H49FN8O. The summed E-state index contributed by atoms with van der Waals surface area (Å²) in [4.78, 5) is 31.0. The standard InChI is InChI=1S/C36H45FN8O.CH4/c1-23-20-44(16-13-39-23)35(42-31-18-26-17-30(24(31)2)36(26,3)4)40-28-9-10-29-32(19-28)41-33(21-43-15-12-38-22-43)45(34(29)46)14-11-25-5-7-27(37)8-6-25;/h5-10,12,15,19,22-24,26,30-31,39H,11,13-14,16-18,20-21H2,1-4H3,(H,40,42);1H4/t23-,24-,26+,30-,31-;/m0./s1. The Balaban J connectivity index is 0.00000386.